The number of hydrogen-bond acceptors (Lipinski definition) is 4. The van der Waals surface area contributed by atoms with Gasteiger partial charge in [0.25, 0.3) is 0 Å². The summed E-state index contributed by atoms with van der Waals surface area (Å²) in [6.07, 6.45) is 1.73. The Morgan fingerprint density at radius 3 is 2.76 bits per heavy atom. The van der Waals surface area contributed by atoms with E-state index in [1.54, 1.807) is 18.3 Å². The van der Waals surface area contributed by atoms with Crippen molar-refractivity contribution >= 4 is 35.0 Å². The third-order valence-electron chi connectivity index (χ3n) is 2.00. The molecule has 0 saturated carbocycles. The molecule has 0 aliphatic rings. The lowest BCUT2D eigenvalue weighted by atomic mass is 10.4. The van der Waals surface area contributed by atoms with E-state index >= 15 is 0 Å². The van der Waals surface area contributed by atoms with E-state index in [2.05, 4.69) is 15.0 Å². The fraction of sp³-hybridized carbons (Fsp3) is 0.182. The molecule has 0 aromatic carbocycles. The molecule has 2 rings (SSSR count). The van der Waals surface area contributed by atoms with E-state index in [9.17, 15) is 0 Å². The Kier molecular flexibility index (Phi) is 4.20. The predicted molar refractivity (Wildman–Crippen MR) is 70.6 cm³/mol. The molecule has 0 atom stereocenters. The molecule has 0 unspecified atom stereocenters. The topological polar surface area (TPSA) is 38.7 Å². The summed E-state index contributed by atoms with van der Waals surface area (Å²) in [5.41, 5.74) is 1.68. The Bertz CT molecular complexity index is 534. The van der Waals surface area contributed by atoms with Gasteiger partial charge in [0.15, 0.2) is 5.16 Å². The summed E-state index contributed by atoms with van der Waals surface area (Å²) in [4.78, 5) is 12.6. The summed E-state index contributed by atoms with van der Waals surface area (Å²) in [7, 11) is 0. The van der Waals surface area contributed by atoms with Crippen molar-refractivity contribution in [1.29, 1.82) is 0 Å². The minimum Gasteiger partial charge on any atom is -0.239 e. The fourth-order valence-corrected chi connectivity index (χ4v) is 2.43. The summed E-state index contributed by atoms with van der Waals surface area (Å²) in [6.45, 7) is 1.93. The van der Waals surface area contributed by atoms with Gasteiger partial charge in [0.2, 0.25) is 0 Å². The Balaban J connectivity index is 2.09. The number of thioether (sulfide) groups is 1. The Hall–Kier alpha value is -0.840. The zero-order valence-corrected chi connectivity index (χ0v) is 11.4. The van der Waals surface area contributed by atoms with Crippen molar-refractivity contribution in [3.63, 3.8) is 0 Å². The monoisotopic (exact) mass is 285 g/mol. The van der Waals surface area contributed by atoms with Gasteiger partial charge in [-0.15, -0.1) is 0 Å². The smallest absolute Gasteiger partial charge is 0.188 e. The van der Waals surface area contributed by atoms with Crippen LogP contribution in [0.3, 0.4) is 0 Å². The molecule has 0 aliphatic heterocycles. The second-order valence-electron chi connectivity index (χ2n) is 3.33. The van der Waals surface area contributed by atoms with Gasteiger partial charge in [-0.2, -0.15) is 0 Å². The van der Waals surface area contributed by atoms with Gasteiger partial charge in [0.1, 0.15) is 5.15 Å². The average molecular weight is 286 g/mol. The van der Waals surface area contributed by atoms with Crippen LogP contribution >= 0.6 is 35.0 Å². The largest absolute Gasteiger partial charge is 0.239 e. The van der Waals surface area contributed by atoms with Crippen LogP contribution in [-0.4, -0.2) is 15.0 Å². The molecular weight excluding hydrogens is 277 g/mol. The van der Waals surface area contributed by atoms with Crippen LogP contribution in [0.25, 0.3) is 0 Å². The fourth-order valence-electron chi connectivity index (χ4n) is 1.19. The summed E-state index contributed by atoms with van der Waals surface area (Å²) in [5, 5.41) is 1.76. The highest BCUT2D eigenvalue weighted by molar-refractivity contribution is 7.98. The summed E-state index contributed by atoms with van der Waals surface area (Å²) in [6, 6.07) is 5.26. The van der Waals surface area contributed by atoms with Gasteiger partial charge in [-0.25, -0.2) is 15.0 Å². The Labute approximate surface area is 114 Å². The van der Waals surface area contributed by atoms with Gasteiger partial charge in [-0.05, 0) is 25.1 Å². The van der Waals surface area contributed by atoms with E-state index in [1.807, 2.05) is 13.0 Å². The molecule has 0 aliphatic carbocycles. The van der Waals surface area contributed by atoms with Crippen LogP contribution in [0.2, 0.25) is 10.2 Å². The standard InChI is InChI=1S/C11H9Cl2N3S/c1-7-4-5-14-11(15-7)17-6-9-8(12)2-3-10(13)16-9/h2-5H,6H2,1H3. The first-order valence-electron chi connectivity index (χ1n) is 4.88. The minimum absolute atomic E-state index is 0.440. The van der Waals surface area contributed by atoms with Crippen LogP contribution in [0.1, 0.15) is 11.4 Å². The molecule has 88 valence electrons. The minimum atomic E-state index is 0.440. The van der Waals surface area contributed by atoms with Gasteiger partial charge < -0.3 is 0 Å². The predicted octanol–water partition coefficient (Wildman–Crippen LogP) is 3.78. The van der Waals surface area contributed by atoms with Crippen molar-refractivity contribution in [2.45, 2.75) is 17.8 Å². The third-order valence-corrected chi connectivity index (χ3v) is 3.42. The number of hydrogen-bond donors (Lipinski definition) is 0. The van der Waals surface area contributed by atoms with Crippen molar-refractivity contribution < 1.29 is 0 Å². The van der Waals surface area contributed by atoms with E-state index in [0.717, 1.165) is 11.4 Å². The van der Waals surface area contributed by atoms with E-state index in [0.29, 0.717) is 21.1 Å². The lowest BCUT2D eigenvalue weighted by Crippen LogP contribution is -1.92. The number of nitrogens with zero attached hydrogens (tertiary/aromatic N) is 3. The highest BCUT2D eigenvalue weighted by Gasteiger charge is 2.05. The second-order valence-corrected chi connectivity index (χ2v) is 5.07. The van der Waals surface area contributed by atoms with Gasteiger partial charge in [0, 0.05) is 17.6 Å². The first kappa shape index (κ1) is 12.6. The maximum Gasteiger partial charge on any atom is 0.188 e. The van der Waals surface area contributed by atoms with Crippen molar-refractivity contribution in [2.24, 2.45) is 0 Å². The van der Waals surface area contributed by atoms with E-state index in [4.69, 9.17) is 23.2 Å². The van der Waals surface area contributed by atoms with Crippen molar-refractivity contribution in [3.8, 4) is 0 Å². The average Bonchev–Trinajstić information content (AvgIpc) is 2.30. The van der Waals surface area contributed by atoms with Crippen LogP contribution in [0.4, 0.5) is 0 Å². The van der Waals surface area contributed by atoms with Gasteiger partial charge >= 0.3 is 0 Å². The van der Waals surface area contributed by atoms with Gasteiger partial charge in [-0.1, -0.05) is 35.0 Å². The number of aryl methyl sites for hydroxylation is 1. The van der Waals surface area contributed by atoms with E-state index in [1.165, 1.54) is 11.8 Å². The second kappa shape index (κ2) is 5.67. The molecule has 0 bridgehead atoms. The van der Waals surface area contributed by atoms with Crippen LogP contribution in [0.15, 0.2) is 29.6 Å². The van der Waals surface area contributed by atoms with E-state index in [-0.39, 0.29) is 0 Å². The van der Waals surface area contributed by atoms with Crippen LogP contribution in [0.5, 0.6) is 0 Å². The lowest BCUT2D eigenvalue weighted by molar-refractivity contribution is 0.930. The summed E-state index contributed by atoms with van der Waals surface area (Å²) in [5.74, 6) is 0.600. The van der Waals surface area contributed by atoms with Crippen LogP contribution in [0, 0.1) is 6.92 Å². The lowest BCUT2D eigenvalue weighted by Gasteiger charge is -2.03. The quantitative estimate of drug-likeness (QED) is 0.489. The van der Waals surface area contributed by atoms with Gasteiger partial charge in [0.05, 0.1) is 10.7 Å². The molecule has 2 aromatic rings. The van der Waals surface area contributed by atoms with Crippen LogP contribution in [-0.2, 0) is 5.75 Å². The first-order valence-corrected chi connectivity index (χ1v) is 6.62. The molecular formula is C11H9Cl2N3S. The normalized spacial score (nSPS) is 10.5. The SMILES string of the molecule is Cc1ccnc(SCc2nc(Cl)ccc2Cl)n1. The molecule has 0 N–H and O–H groups in total. The molecule has 0 spiro atoms. The number of rotatable bonds is 3. The molecule has 6 heteroatoms. The Morgan fingerprint density at radius 2 is 2.00 bits per heavy atom. The number of aromatic nitrogens is 3. The molecule has 0 amide bonds. The maximum atomic E-state index is 6.02. The number of halogens is 2. The summed E-state index contributed by atoms with van der Waals surface area (Å²) < 4.78 is 0. The molecule has 0 radical (unpaired) electrons. The molecule has 0 fully saturated rings. The molecule has 3 nitrogen and oxygen atoms in total. The number of pyridine rings is 1. The molecule has 0 saturated heterocycles. The first-order chi connectivity index (χ1) is 8.15. The zero-order chi connectivity index (χ0) is 12.3. The molecule has 2 aromatic heterocycles. The Morgan fingerprint density at radius 1 is 1.18 bits per heavy atom. The summed E-state index contributed by atoms with van der Waals surface area (Å²) >= 11 is 13.3. The van der Waals surface area contributed by atoms with Crippen molar-refractivity contribution in [1.82, 2.24) is 15.0 Å². The molecule has 2 heterocycles. The van der Waals surface area contributed by atoms with E-state index < -0.39 is 0 Å². The molecule has 17 heavy (non-hydrogen) atoms. The van der Waals surface area contributed by atoms with Crippen LogP contribution < -0.4 is 0 Å². The van der Waals surface area contributed by atoms with Crippen molar-refractivity contribution in [3.05, 3.63) is 46.0 Å². The maximum absolute atomic E-state index is 6.02. The van der Waals surface area contributed by atoms with Crippen molar-refractivity contribution in [2.75, 3.05) is 0 Å². The third kappa shape index (κ3) is 3.56. The van der Waals surface area contributed by atoms with Gasteiger partial charge in [-0.3, -0.25) is 0 Å². The zero-order valence-electron chi connectivity index (χ0n) is 9.02. The highest BCUT2D eigenvalue weighted by Crippen LogP contribution is 2.24. The highest BCUT2D eigenvalue weighted by atomic mass is 35.5.